The van der Waals surface area contributed by atoms with E-state index in [0.717, 1.165) is 5.69 Å². The van der Waals surface area contributed by atoms with Gasteiger partial charge in [0.25, 0.3) is 0 Å². The number of aromatic nitrogens is 2. The zero-order valence-electron chi connectivity index (χ0n) is 16.9. The van der Waals surface area contributed by atoms with Crippen LogP contribution in [0, 0.1) is 5.82 Å². The lowest BCUT2D eigenvalue weighted by Crippen LogP contribution is -2.47. The second kappa shape index (κ2) is 7.69. The number of rotatable bonds is 2. The van der Waals surface area contributed by atoms with Crippen molar-refractivity contribution in [3.8, 4) is 0 Å². The lowest BCUT2D eigenvalue weighted by atomic mass is 10.2. The van der Waals surface area contributed by atoms with Gasteiger partial charge in [-0.25, -0.2) is 14.0 Å². The first kappa shape index (κ1) is 20.1. The number of nitrogens with zero attached hydrogens (tertiary/aromatic N) is 5. The van der Waals surface area contributed by atoms with Crippen molar-refractivity contribution in [2.24, 2.45) is 0 Å². The lowest BCUT2D eigenvalue weighted by molar-refractivity contribution is 0.0300. The average molecular weight is 449 g/mol. The summed E-state index contributed by atoms with van der Waals surface area (Å²) < 4.78 is 20.8. The molecule has 3 aliphatic rings. The number of amides is 4. The molecule has 2 aromatic rings. The van der Waals surface area contributed by atoms with Crippen molar-refractivity contribution >= 4 is 35.0 Å². The van der Waals surface area contributed by atoms with E-state index in [4.69, 9.17) is 16.3 Å². The van der Waals surface area contributed by atoms with Crippen molar-refractivity contribution < 1.29 is 18.7 Å². The molecule has 1 N–H and O–H groups in total. The van der Waals surface area contributed by atoms with Crippen molar-refractivity contribution in [1.29, 1.82) is 0 Å². The fraction of sp³-hybridized carbons (Fsp3) is 0.450. The van der Waals surface area contributed by atoms with Crippen molar-refractivity contribution in [2.75, 3.05) is 36.5 Å². The average Bonchev–Trinajstić information content (AvgIpc) is 3.30. The highest BCUT2D eigenvalue weighted by Crippen LogP contribution is 2.32. The third kappa shape index (κ3) is 3.49. The number of hydrogen-bond acceptors (Lipinski definition) is 4. The van der Waals surface area contributed by atoms with Crippen LogP contribution in [0.5, 0.6) is 0 Å². The summed E-state index contributed by atoms with van der Waals surface area (Å²) in [5.74, 6) is -0.545. The third-order valence-corrected chi connectivity index (χ3v) is 6.33. The summed E-state index contributed by atoms with van der Waals surface area (Å²) in [6.07, 6.45) is 1.69. The number of carbonyl (C=O) groups excluding carboxylic acids is 2. The minimum absolute atomic E-state index is 0.0296. The van der Waals surface area contributed by atoms with Crippen molar-refractivity contribution in [3.63, 3.8) is 0 Å². The van der Waals surface area contributed by atoms with Crippen LogP contribution in [0.15, 0.2) is 24.4 Å². The Kier molecular flexibility index (Phi) is 4.98. The van der Waals surface area contributed by atoms with E-state index in [1.54, 1.807) is 16.0 Å². The van der Waals surface area contributed by atoms with Gasteiger partial charge in [-0.2, -0.15) is 5.10 Å². The molecule has 31 heavy (non-hydrogen) atoms. The highest BCUT2D eigenvalue weighted by atomic mass is 35.5. The van der Waals surface area contributed by atoms with E-state index < -0.39 is 5.82 Å². The molecule has 2 unspecified atom stereocenters. The number of carbonyl (C=O) groups is 2. The standard InChI is InChI=1S/C20H22ClFN6O3/c1-12-8-28-18(10-26(12)19(29)24-13-2-3-16(22)15(21)6-13)17(7-23-28)27-9-14-11-31-5-4-25(14)20(27)30/h2-3,6-7,12,14H,4-5,8-11H2,1H3,(H,24,29). The van der Waals surface area contributed by atoms with Gasteiger partial charge in [0.05, 0.1) is 67.5 Å². The first-order chi connectivity index (χ1) is 14.9. The zero-order chi connectivity index (χ0) is 21.7. The maximum atomic E-state index is 13.4. The fourth-order valence-corrected chi connectivity index (χ4v) is 4.54. The van der Waals surface area contributed by atoms with Crippen LogP contribution < -0.4 is 10.2 Å². The van der Waals surface area contributed by atoms with E-state index in [9.17, 15) is 14.0 Å². The number of ether oxygens (including phenoxy) is 1. The van der Waals surface area contributed by atoms with E-state index in [0.29, 0.717) is 50.8 Å². The van der Waals surface area contributed by atoms with Gasteiger partial charge in [0.15, 0.2) is 0 Å². The Morgan fingerprint density at radius 1 is 1.35 bits per heavy atom. The minimum atomic E-state index is -0.545. The maximum absolute atomic E-state index is 13.4. The summed E-state index contributed by atoms with van der Waals surface area (Å²) in [5, 5.41) is 7.17. The Morgan fingerprint density at radius 2 is 2.19 bits per heavy atom. The topological polar surface area (TPSA) is 82.9 Å². The Hall–Kier alpha value is -2.85. The van der Waals surface area contributed by atoms with Crippen LogP contribution >= 0.6 is 11.6 Å². The van der Waals surface area contributed by atoms with Gasteiger partial charge in [-0.15, -0.1) is 0 Å². The molecule has 5 rings (SSSR count). The molecule has 2 fully saturated rings. The quantitative estimate of drug-likeness (QED) is 0.765. The van der Waals surface area contributed by atoms with E-state index >= 15 is 0 Å². The second-order valence-corrected chi connectivity index (χ2v) is 8.42. The number of urea groups is 2. The van der Waals surface area contributed by atoms with E-state index in [-0.39, 0.29) is 29.2 Å². The summed E-state index contributed by atoms with van der Waals surface area (Å²) in [6.45, 7) is 4.91. The normalized spacial score (nSPS) is 23.1. The van der Waals surface area contributed by atoms with Crippen LogP contribution in [-0.4, -0.2) is 70.0 Å². The molecule has 1 aromatic carbocycles. The van der Waals surface area contributed by atoms with Gasteiger partial charge in [0, 0.05) is 12.2 Å². The van der Waals surface area contributed by atoms with Gasteiger partial charge >= 0.3 is 12.1 Å². The van der Waals surface area contributed by atoms with Gasteiger partial charge in [-0.3, -0.25) is 9.58 Å². The molecule has 0 spiro atoms. The fourth-order valence-electron chi connectivity index (χ4n) is 4.36. The van der Waals surface area contributed by atoms with Gasteiger partial charge in [-0.05, 0) is 25.1 Å². The van der Waals surface area contributed by atoms with E-state index in [2.05, 4.69) is 10.4 Å². The van der Waals surface area contributed by atoms with Crippen LogP contribution in [0.3, 0.4) is 0 Å². The van der Waals surface area contributed by atoms with Crippen LogP contribution in [0.4, 0.5) is 25.4 Å². The number of fused-ring (bicyclic) bond motifs is 2. The Morgan fingerprint density at radius 3 is 2.97 bits per heavy atom. The first-order valence-electron chi connectivity index (χ1n) is 10.2. The molecule has 4 amide bonds. The van der Waals surface area contributed by atoms with Crippen LogP contribution in [0.25, 0.3) is 0 Å². The number of benzene rings is 1. The van der Waals surface area contributed by atoms with Crippen molar-refractivity contribution in [1.82, 2.24) is 19.6 Å². The van der Waals surface area contributed by atoms with Crippen LogP contribution in [0.2, 0.25) is 5.02 Å². The lowest BCUT2D eigenvalue weighted by Gasteiger charge is -2.35. The summed E-state index contributed by atoms with van der Waals surface area (Å²) in [7, 11) is 0. The molecule has 2 saturated heterocycles. The summed E-state index contributed by atoms with van der Waals surface area (Å²) in [4.78, 5) is 31.1. The van der Waals surface area contributed by atoms with Gasteiger partial charge < -0.3 is 19.9 Å². The van der Waals surface area contributed by atoms with Crippen molar-refractivity contribution in [3.05, 3.63) is 40.9 Å². The minimum Gasteiger partial charge on any atom is -0.377 e. The van der Waals surface area contributed by atoms with Crippen molar-refractivity contribution in [2.45, 2.75) is 32.1 Å². The molecule has 164 valence electrons. The number of morpholine rings is 1. The molecular formula is C20H22ClFN6O3. The SMILES string of the molecule is CC1Cn2ncc(N3CC4COCCN4C3=O)c2CN1C(=O)Nc1ccc(F)c(Cl)c1. The Balaban J connectivity index is 1.36. The number of anilines is 2. The molecule has 3 aliphatic heterocycles. The molecular weight excluding hydrogens is 427 g/mol. The maximum Gasteiger partial charge on any atom is 0.325 e. The molecule has 0 aliphatic carbocycles. The monoisotopic (exact) mass is 448 g/mol. The predicted octanol–water partition coefficient (Wildman–Crippen LogP) is 2.75. The van der Waals surface area contributed by atoms with Gasteiger partial charge in [-0.1, -0.05) is 11.6 Å². The molecule has 0 bridgehead atoms. The van der Waals surface area contributed by atoms with E-state index in [1.165, 1.54) is 18.2 Å². The molecule has 11 heteroatoms. The molecule has 4 heterocycles. The molecule has 2 atom stereocenters. The largest absolute Gasteiger partial charge is 0.377 e. The summed E-state index contributed by atoms with van der Waals surface area (Å²) in [5.41, 5.74) is 1.93. The molecule has 1 aromatic heterocycles. The van der Waals surface area contributed by atoms with E-state index in [1.807, 2.05) is 16.5 Å². The Bertz CT molecular complexity index is 1050. The number of halogens is 2. The predicted molar refractivity (Wildman–Crippen MR) is 112 cm³/mol. The smallest absolute Gasteiger partial charge is 0.325 e. The second-order valence-electron chi connectivity index (χ2n) is 8.01. The highest BCUT2D eigenvalue weighted by Gasteiger charge is 2.42. The number of nitrogens with one attached hydrogen (secondary N) is 1. The Labute approximate surface area is 183 Å². The summed E-state index contributed by atoms with van der Waals surface area (Å²) >= 11 is 5.82. The van der Waals surface area contributed by atoms with Crippen LogP contribution in [-0.2, 0) is 17.8 Å². The van der Waals surface area contributed by atoms with Crippen LogP contribution in [0.1, 0.15) is 12.6 Å². The highest BCUT2D eigenvalue weighted by molar-refractivity contribution is 6.31. The zero-order valence-corrected chi connectivity index (χ0v) is 17.7. The molecule has 0 radical (unpaired) electrons. The molecule has 0 saturated carbocycles. The molecule has 9 nitrogen and oxygen atoms in total. The summed E-state index contributed by atoms with van der Waals surface area (Å²) in [6, 6.07) is 3.58. The van der Waals surface area contributed by atoms with Gasteiger partial charge in [0.2, 0.25) is 0 Å². The third-order valence-electron chi connectivity index (χ3n) is 6.04. The first-order valence-corrected chi connectivity index (χ1v) is 10.5. The number of hydrogen-bond donors (Lipinski definition) is 1. The van der Waals surface area contributed by atoms with Gasteiger partial charge in [0.1, 0.15) is 5.82 Å².